The van der Waals surface area contributed by atoms with Crippen molar-refractivity contribution in [1.82, 2.24) is 4.98 Å². The second kappa shape index (κ2) is 3.14. The second-order valence-corrected chi connectivity index (χ2v) is 3.78. The number of benzene rings is 1. The Bertz CT molecular complexity index is 513. The molecule has 72 valence electrons. The van der Waals surface area contributed by atoms with Gasteiger partial charge in [0.15, 0.2) is 5.78 Å². The molecule has 1 aromatic carbocycles. The molecule has 0 atom stereocenters. The van der Waals surface area contributed by atoms with Crippen molar-refractivity contribution in [3.63, 3.8) is 0 Å². The molecule has 2 nitrogen and oxygen atoms in total. The van der Waals surface area contributed by atoms with E-state index in [0.717, 1.165) is 21.5 Å². The molecule has 14 heavy (non-hydrogen) atoms. The van der Waals surface area contributed by atoms with Gasteiger partial charge in [0.1, 0.15) is 0 Å². The van der Waals surface area contributed by atoms with Crippen molar-refractivity contribution < 1.29 is 4.79 Å². The highest BCUT2D eigenvalue weighted by Crippen LogP contribution is 2.25. The zero-order valence-corrected chi connectivity index (χ0v) is 8.77. The highest BCUT2D eigenvalue weighted by Gasteiger charge is 2.07. The summed E-state index contributed by atoms with van der Waals surface area (Å²) in [4.78, 5) is 14.2. The molecule has 0 radical (unpaired) electrons. The fourth-order valence-electron chi connectivity index (χ4n) is 1.51. The molecule has 1 aromatic heterocycles. The van der Waals surface area contributed by atoms with Gasteiger partial charge in [-0.1, -0.05) is 11.6 Å². The molecule has 3 heteroatoms. The van der Waals surface area contributed by atoms with E-state index >= 15 is 0 Å². The molecule has 1 heterocycles. The smallest absolute Gasteiger partial charge is 0.175 e. The van der Waals surface area contributed by atoms with Gasteiger partial charge < -0.3 is 4.98 Å². The lowest BCUT2D eigenvalue weighted by Gasteiger charge is -1.97. The summed E-state index contributed by atoms with van der Waals surface area (Å²) in [6, 6.07) is 5.57. The Morgan fingerprint density at radius 3 is 2.79 bits per heavy atom. The first-order valence-corrected chi connectivity index (χ1v) is 4.76. The van der Waals surface area contributed by atoms with Gasteiger partial charge in [-0.05, 0) is 30.7 Å². The van der Waals surface area contributed by atoms with E-state index < -0.39 is 0 Å². The van der Waals surface area contributed by atoms with Crippen molar-refractivity contribution >= 4 is 28.3 Å². The summed E-state index contributed by atoms with van der Waals surface area (Å²) in [7, 11) is 0. The average Bonchev–Trinajstić information content (AvgIpc) is 2.56. The van der Waals surface area contributed by atoms with Crippen LogP contribution in [0.4, 0.5) is 0 Å². The lowest BCUT2D eigenvalue weighted by atomic mass is 10.1. The van der Waals surface area contributed by atoms with Gasteiger partial charge in [-0.3, -0.25) is 4.79 Å². The molecule has 0 bridgehead atoms. The van der Waals surface area contributed by atoms with E-state index in [1.165, 1.54) is 0 Å². The number of hydrogen-bond donors (Lipinski definition) is 1. The van der Waals surface area contributed by atoms with Crippen molar-refractivity contribution in [1.29, 1.82) is 0 Å². The minimum Gasteiger partial charge on any atom is -0.352 e. The Kier molecular flexibility index (Phi) is 2.08. The van der Waals surface area contributed by atoms with E-state index in [4.69, 9.17) is 11.6 Å². The minimum atomic E-state index is 0.0386. The Balaban J connectivity index is 2.77. The summed E-state index contributed by atoms with van der Waals surface area (Å²) < 4.78 is 0. The topological polar surface area (TPSA) is 32.9 Å². The van der Waals surface area contributed by atoms with Crippen LogP contribution in [0.5, 0.6) is 0 Å². The van der Waals surface area contributed by atoms with Crippen LogP contribution in [0.1, 0.15) is 23.0 Å². The first-order chi connectivity index (χ1) is 6.59. The van der Waals surface area contributed by atoms with Gasteiger partial charge in [0.25, 0.3) is 0 Å². The van der Waals surface area contributed by atoms with Crippen molar-refractivity contribution in [2.24, 2.45) is 0 Å². The van der Waals surface area contributed by atoms with E-state index in [0.29, 0.717) is 5.69 Å². The van der Waals surface area contributed by atoms with Crippen molar-refractivity contribution in [3.05, 3.63) is 34.5 Å². The molecular formula is C11H10ClNO. The predicted molar refractivity (Wildman–Crippen MR) is 58.1 cm³/mol. The molecule has 0 amide bonds. The third-order valence-corrected chi connectivity index (χ3v) is 2.80. The Morgan fingerprint density at radius 2 is 2.14 bits per heavy atom. The van der Waals surface area contributed by atoms with E-state index in [9.17, 15) is 4.79 Å². The lowest BCUT2D eigenvalue weighted by molar-refractivity contribution is 0.101. The van der Waals surface area contributed by atoms with E-state index in [1.54, 1.807) is 6.92 Å². The number of aryl methyl sites for hydroxylation is 1. The lowest BCUT2D eigenvalue weighted by Crippen LogP contribution is -1.89. The molecule has 2 aromatic rings. The summed E-state index contributed by atoms with van der Waals surface area (Å²) in [5.41, 5.74) is 2.59. The van der Waals surface area contributed by atoms with Gasteiger partial charge in [0.05, 0.1) is 5.69 Å². The Hall–Kier alpha value is -1.28. The summed E-state index contributed by atoms with van der Waals surface area (Å²) in [5.74, 6) is 0.0386. The molecule has 2 rings (SSSR count). The van der Waals surface area contributed by atoms with E-state index in [2.05, 4.69) is 4.98 Å². The fraction of sp³-hybridized carbons (Fsp3) is 0.182. The van der Waals surface area contributed by atoms with Crippen LogP contribution in [0.2, 0.25) is 5.02 Å². The van der Waals surface area contributed by atoms with Crippen molar-refractivity contribution in [2.75, 3.05) is 0 Å². The summed E-state index contributed by atoms with van der Waals surface area (Å²) in [6.07, 6.45) is 0. The van der Waals surface area contributed by atoms with Crippen molar-refractivity contribution in [2.45, 2.75) is 13.8 Å². The molecule has 0 aliphatic rings. The number of carbonyl (C=O) groups excluding carboxylic acids is 1. The number of fused-ring (bicyclic) bond motifs is 1. The molecule has 0 spiro atoms. The SMILES string of the molecule is CC(=O)c1cc2c(C)c(Cl)ccc2[nH]1. The first-order valence-electron chi connectivity index (χ1n) is 4.38. The Labute approximate surface area is 86.9 Å². The van der Waals surface area contributed by atoms with Crippen LogP contribution in [0.3, 0.4) is 0 Å². The normalized spacial score (nSPS) is 10.8. The van der Waals surface area contributed by atoms with Gasteiger partial charge in [-0.2, -0.15) is 0 Å². The van der Waals surface area contributed by atoms with Gasteiger partial charge in [-0.25, -0.2) is 0 Å². The molecule has 1 N–H and O–H groups in total. The van der Waals surface area contributed by atoms with E-state index in [-0.39, 0.29) is 5.78 Å². The summed E-state index contributed by atoms with van der Waals surface area (Å²) in [6.45, 7) is 3.49. The number of aromatic nitrogens is 1. The summed E-state index contributed by atoms with van der Waals surface area (Å²) in [5, 5.41) is 1.74. The average molecular weight is 208 g/mol. The third kappa shape index (κ3) is 1.32. The van der Waals surface area contributed by atoms with Gasteiger partial charge in [0.2, 0.25) is 0 Å². The second-order valence-electron chi connectivity index (χ2n) is 3.37. The molecule has 0 aliphatic carbocycles. The first kappa shape index (κ1) is 9.28. The molecule has 0 unspecified atom stereocenters. The zero-order chi connectivity index (χ0) is 10.3. The monoisotopic (exact) mass is 207 g/mol. The van der Waals surface area contributed by atoms with Gasteiger partial charge in [0, 0.05) is 22.8 Å². The maximum Gasteiger partial charge on any atom is 0.175 e. The largest absolute Gasteiger partial charge is 0.352 e. The molecule has 0 saturated heterocycles. The number of aromatic amines is 1. The van der Waals surface area contributed by atoms with Gasteiger partial charge >= 0.3 is 0 Å². The highest BCUT2D eigenvalue weighted by molar-refractivity contribution is 6.32. The number of hydrogen-bond acceptors (Lipinski definition) is 1. The van der Waals surface area contributed by atoms with Gasteiger partial charge in [-0.15, -0.1) is 0 Å². The van der Waals surface area contributed by atoms with Crippen LogP contribution in [-0.2, 0) is 0 Å². The number of rotatable bonds is 1. The quantitative estimate of drug-likeness (QED) is 0.715. The molecule has 0 fully saturated rings. The Morgan fingerprint density at radius 1 is 1.43 bits per heavy atom. The fourth-order valence-corrected chi connectivity index (χ4v) is 1.68. The molecule has 0 saturated carbocycles. The number of nitrogens with one attached hydrogen (secondary N) is 1. The maximum absolute atomic E-state index is 11.1. The van der Waals surface area contributed by atoms with Crippen LogP contribution in [0.25, 0.3) is 10.9 Å². The summed E-state index contributed by atoms with van der Waals surface area (Å²) >= 11 is 5.98. The van der Waals surface area contributed by atoms with Crippen LogP contribution >= 0.6 is 11.6 Å². The van der Waals surface area contributed by atoms with Crippen LogP contribution in [0.15, 0.2) is 18.2 Å². The number of Topliss-reactive ketones (excluding diaryl/α,β-unsaturated/α-hetero) is 1. The van der Waals surface area contributed by atoms with E-state index in [1.807, 2.05) is 25.1 Å². The highest BCUT2D eigenvalue weighted by atomic mass is 35.5. The number of ketones is 1. The number of halogens is 1. The maximum atomic E-state index is 11.1. The molecule has 0 aliphatic heterocycles. The van der Waals surface area contributed by atoms with Crippen LogP contribution in [0, 0.1) is 6.92 Å². The van der Waals surface area contributed by atoms with Crippen molar-refractivity contribution in [3.8, 4) is 0 Å². The molecular weight excluding hydrogens is 198 g/mol. The number of H-pyrrole nitrogens is 1. The predicted octanol–water partition coefficient (Wildman–Crippen LogP) is 3.33. The standard InChI is InChI=1S/C11H10ClNO/c1-6-8-5-11(7(2)14)13-10(8)4-3-9(6)12/h3-5,13H,1-2H3. The third-order valence-electron chi connectivity index (χ3n) is 2.39. The van der Waals surface area contributed by atoms with Crippen LogP contribution < -0.4 is 0 Å². The number of carbonyl (C=O) groups is 1. The minimum absolute atomic E-state index is 0.0386. The van der Waals surface area contributed by atoms with Crippen LogP contribution in [-0.4, -0.2) is 10.8 Å². The zero-order valence-electron chi connectivity index (χ0n) is 8.02.